The van der Waals surface area contributed by atoms with Crippen molar-refractivity contribution in [2.45, 2.75) is 13.0 Å². The minimum absolute atomic E-state index is 0.0662. The second-order valence-electron chi connectivity index (χ2n) is 7.32. The van der Waals surface area contributed by atoms with Crippen molar-refractivity contribution in [1.82, 2.24) is 9.88 Å². The van der Waals surface area contributed by atoms with Gasteiger partial charge in [-0.2, -0.15) is 0 Å². The Morgan fingerprint density at radius 3 is 2.45 bits per heavy atom. The Labute approximate surface area is 178 Å². The molecule has 0 saturated heterocycles. The van der Waals surface area contributed by atoms with Crippen LogP contribution < -0.4 is 0 Å². The third-order valence-corrected chi connectivity index (χ3v) is 6.03. The number of nitrogens with zero attached hydrogens (tertiary/aromatic N) is 2. The highest BCUT2D eigenvalue weighted by Crippen LogP contribution is 2.28. The molecule has 142 valence electrons. The van der Waals surface area contributed by atoms with E-state index in [1.165, 1.54) is 11.1 Å². The Kier molecular flexibility index (Phi) is 4.64. The van der Waals surface area contributed by atoms with Gasteiger partial charge in [0, 0.05) is 28.5 Å². The summed E-state index contributed by atoms with van der Waals surface area (Å²) in [5.74, 6) is 0.0662. The number of carbonyl (C=O) groups excluding carboxylic acids is 1. The first-order valence-corrected chi connectivity index (χ1v) is 10.5. The van der Waals surface area contributed by atoms with Crippen LogP contribution in [0.3, 0.4) is 0 Å². The minimum atomic E-state index is 0.0662. The van der Waals surface area contributed by atoms with Gasteiger partial charge in [0.25, 0.3) is 5.91 Å². The molecule has 4 heteroatoms. The Hall–Kier alpha value is -2.98. The first-order chi connectivity index (χ1) is 14.2. The largest absolute Gasteiger partial charge is 0.334 e. The summed E-state index contributed by atoms with van der Waals surface area (Å²) < 4.78 is 1.02. The molecule has 0 spiro atoms. The Balaban J connectivity index is 1.58. The van der Waals surface area contributed by atoms with E-state index in [2.05, 4.69) is 34.1 Å². The lowest BCUT2D eigenvalue weighted by Gasteiger charge is -2.29. The normalized spacial score (nSPS) is 13.3. The van der Waals surface area contributed by atoms with Gasteiger partial charge in [-0.1, -0.05) is 70.5 Å². The summed E-state index contributed by atoms with van der Waals surface area (Å²) >= 11 is 3.48. The molecular weight excluding hydrogens is 424 g/mol. The van der Waals surface area contributed by atoms with Gasteiger partial charge in [-0.3, -0.25) is 4.79 Å². The van der Waals surface area contributed by atoms with Gasteiger partial charge in [0.2, 0.25) is 0 Å². The molecule has 4 aromatic rings. The van der Waals surface area contributed by atoms with E-state index in [4.69, 9.17) is 4.98 Å². The second kappa shape index (κ2) is 7.45. The summed E-state index contributed by atoms with van der Waals surface area (Å²) in [6.45, 7) is 1.39. The molecule has 0 saturated carbocycles. The fourth-order valence-corrected chi connectivity index (χ4v) is 4.22. The maximum atomic E-state index is 13.6. The molecular formula is C25H19BrN2O. The number of fused-ring (bicyclic) bond motifs is 2. The zero-order chi connectivity index (χ0) is 19.8. The Morgan fingerprint density at radius 2 is 1.62 bits per heavy atom. The van der Waals surface area contributed by atoms with Crippen molar-refractivity contribution in [3.8, 4) is 11.3 Å². The molecule has 3 nitrogen and oxygen atoms in total. The number of aromatic nitrogens is 1. The molecule has 0 radical (unpaired) electrons. The van der Waals surface area contributed by atoms with Gasteiger partial charge < -0.3 is 4.90 Å². The second-order valence-corrected chi connectivity index (χ2v) is 8.24. The number of hydrogen-bond donors (Lipinski definition) is 0. The predicted molar refractivity (Wildman–Crippen MR) is 120 cm³/mol. The summed E-state index contributed by atoms with van der Waals surface area (Å²) in [6, 6.07) is 26.2. The Morgan fingerprint density at radius 1 is 0.897 bits per heavy atom. The van der Waals surface area contributed by atoms with E-state index in [-0.39, 0.29) is 5.91 Å². The minimum Gasteiger partial charge on any atom is -0.334 e. The SMILES string of the molecule is O=C(c1cc(-c2ccc(Br)cc2)nc2ccccc12)N1CCc2ccccc2C1. The number of pyridine rings is 1. The fraction of sp³-hybridized carbons (Fsp3) is 0.120. The van der Waals surface area contributed by atoms with Crippen molar-refractivity contribution < 1.29 is 4.79 Å². The zero-order valence-electron chi connectivity index (χ0n) is 15.8. The number of rotatable bonds is 2. The molecule has 5 rings (SSSR count). The number of para-hydroxylation sites is 1. The quantitative estimate of drug-likeness (QED) is 0.389. The van der Waals surface area contributed by atoms with E-state index in [9.17, 15) is 4.79 Å². The van der Waals surface area contributed by atoms with Crippen LogP contribution in [-0.4, -0.2) is 22.3 Å². The van der Waals surface area contributed by atoms with Crippen LogP contribution in [0.25, 0.3) is 22.2 Å². The van der Waals surface area contributed by atoms with Crippen LogP contribution in [-0.2, 0) is 13.0 Å². The molecule has 1 aromatic heterocycles. The van der Waals surface area contributed by atoms with Crippen molar-refractivity contribution in [1.29, 1.82) is 0 Å². The maximum absolute atomic E-state index is 13.6. The zero-order valence-corrected chi connectivity index (χ0v) is 17.4. The van der Waals surface area contributed by atoms with Gasteiger partial charge >= 0.3 is 0 Å². The van der Waals surface area contributed by atoms with E-state index in [0.29, 0.717) is 12.1 Å². The van der Waals surface area contributed by atoms with Crippen LogP contribution in [0.4, 0.5) is 0 Å². The molecule has 2 heterocycles. The van der Waals surface area contributed by atoms with Crippen molar-refractivity contribution in [2.75, 3.05) is 6.54 Å². The topological polar surface area (TPSA) is 33.2 Å². The van der Waals surface area contributed by atoms with E-state index in [0.717, 1.165) is 39.6 Å². The average molecular weight is 443 g/mol. The van der Waals surface area contributed by atoms with Gasteiger partial charge in [-0.05, 0) is 41.8 Å². The number of carbonyl (C=O) groups is 1. The highest BCUT2D eigenvalue weighted by atomic mass is 79.9. The molecule has 1 aliphatic heterocycles. The van der Waals surface area contributed by atoms with E-state index in [1.54, 1.807) is 0 Å². The van der Waals surface area contributed by atoms with Crippen LogP contribution in [0.1, 0.15) is 21.5 Å². The van der Waals surface area contributed by atoms with E-state index < -0.39 is 0 Å². The van der Waals surface area contributed by atoms with Crippen LogP contribution in [0.5, 0.6) is 0 Å². The summed E-state index contributed by atoms with van der Waals surface area (Å²) in [7, 11) is 0. The molecule has 29 heavy (non-hydrogen) atoms. The lowest BCUT2D eigenvalue weighted by atomic mass is 9.98. The molecule has 1 aliphatic rings. The highest BCUT2D eigenvalue weighted by Gasteiger charge is 2.23. The van der Waals surface area contributed by atoms with Crippen molar-refractivity contribution >= 4 is 32.7 Å². The average Bonchev–Trinajstić information content (AvgIpc) is 2.78. The lowest BCUT2D eigenvalue weighted by Crippen LogP contribution is -2.36. The number of benzene rings is 3. The predicted octanol–water partition coefficient (Wildman–Crippen LogP) is 5.86. The van der Waals surface area contributed by atoms with Crippen molar-refractivity contribution in [2.24, 2.45) is 0 Å². The molecule has 1 amide bonds. The van der Waals surface area contributed by atoms with E-state index in [1.807, 2.05) is 65.6 Å². The van der Waals surface area contributed by atoms with Crippen molar-refractivity contribution in [3.05, 3.63) is 100 Å². The fourth-order valence-electron chi connectivity index (χ4n) is 3.96. The molecule has 0 unspecified atom stereocenters. The molecule has 3 aromatic carbocycles. The third kappa shape index (κ3) is 3.45. The number of hydrogen-bond acceptors (Lipinski definition) is 2. The molecule has 0 atom stereocenters. The smallest absolute Gasteiger partial charge is 0.254 e. The van der Waals surface area contributed by atoms with Crippen molar-refractivity contribution in [3.63, 3.8) is 0 Å². The number of halogens is 1. The van der Waals surface area contributed by atoms with Crippen LogP contribution in [0, 0.1) is 0 Å². The maximum Gasteiger partial charge on any atom is 0.254 e. The Bertz CT molecular complexity index is 1220. The standard InChI is InChI=1S/C25H19BrN2O/c26-20-11-9-18(10-12-20)24-15-22(21-7-3-4-8-23(21)27-24)25(29)28-14-13-17-5-1-2-6-19(17)16-28/h1-12,15H,13-14,16H2. The summed E-state index contributed by atoms with van der Waals surface area (Å²) in [5.41, 5.74) is 5.95. The van der Waals surface area contributed by atoms with Gasteiger partial charge in [0.05, 0.1) is 16.8 Å². The summed E-state index contributed by atoms with van der Waals surface area (Å²) in [4.78, 5) is 20.3. The van der Waals surface area contributed by atoms with Crippen LogP contribution >= 0.6 is 15.9 Å². The van der Waals surface area contributed by atoms with E-state index >= 15 is 0 Å². The highest BCUT2D eigenvalue weighted by molar-refractivity contribution is 9.10. The molecule has 0 bridgehead atoms. The van der Waals surface area contributed by atoms with Gasteiger partial charge in [-0.15, -0.1) is 0 Å². The third-order valence-electron chi connectivity index (χ3n) is 5.50. The van der Waals surface area contributed by atoms with Gasteiger partial charge in [-0.25, -0.2) is 4.98 Å². The van der Waals surface area contributed by atoms with Gasteiger partial charge in [0.1, 0.15) is 0 Å². The number of amides is 1. The van der Waals surface area contributed by atoms with Crippen LogP contribution in [0.2, 0.25) is 0 Å². The monoisotopic (exact) mass is 442 g/mol. The molecule has 0 fully saturated rings. The molecule has 0 aliphatic carbocycles. The van der Waals surface area contributed by atoms with Gasteiger partial charge in [0.15, 0.2) is 0 Å². The summed E-state index contributed by atoms with van der Waals surface area (Å²) in [5, 5.41) is 0.900. The first-order valence-electron chi connectivity index (χ1n) is 9.71. The first kappa shape index (κ1) is 18.1. The lowest BCUT2D eigenvalue weighted by molar-refractivity contribution is 0.0736. The summed E-state index contributed by atoms with van der Waals surface area (Å²) in [6.07, 6.45) is 0.893. The van der Waals surface area contributed by atoms with Crippen LogP contribution in [0.15, 0.2) is 83.3 Å². The molecule has 0 N–H and O–H groups in total.